The van der Waals surface area contributed by atoms with Crippen molar-refractivity contribution in [2.45, 2.75) is 25.0 Å². The van der Waals surface area contributed by atoms with Gasteiger partial charge in [-0.1, -0.05) is 36.4 Å². The first-order valence-electron chi connectivity index (χ1n) is 8.08. The van der Waals surface area contributed by atoms with E-state index in [0.29, 0.717) is 0 Å². The summed E-state index contributed by atoms with van der Waals surface area (Å²) in [6.07, 6.45) is 4.12. The van der Waals surface area contributed by atoms with Crippen LogP contribution in [-0.4, -0.2) is 18.2 Å². The maximum atomic E-state index is 11.7. The summed E-state index contributed by atoms with van der Waals surface area (Å²) < 4.78 is 6.52. The van der Waals surface area contributed by atoms with Crippen molar-refractivity contribution < 1.29 is 9.53 Å². The van der Waals surface area contributed by atoms with Crippen LogP contribution in [0.4, 0.5) is 5.69 Å². The molecule has 0 radical (unpaired) electrons. The van der Waals surface area contributed by atoms with Gasteiger partial charge in [-0.15, -0.1) is 0 Å². The van der Waals surface area contributed by atoms with E-state index in [1.807, 2.05) is 47.4 Å². The Balaban J connectivity index is 1.92. The third-order valence-electron chi connectivity index (χ3n) is 5.15. The Bertz CT molecular complexity index is 856. The highest BCUT2D eigenvalue weighted by Crippen LogP contribution is 2.54. The molecule has 2 aliphatic heterocycles. The van der Waals surface area contributed by atoms with Gasteiger partial charge in [-0.3, -0.25) is 4.79 Å². The second kappa shape index (κ2) is 4.87. The lowest BCUT2D eigenvalue weighted by Gasteiger charge is -2.46. The number of hydrogen-bond donors (Lipinski definition) is 1. The van der Waals surface area contributed by atoms with Crippen molar-refractivity contribution in [3.05, 3.63) is 65.7 Å². The average Bonchev–Trinajstić information content (AvgIpc) is 2.74. The summed E-state index contributed by atoms with van der Waals surface area (Å²) in [7, 11) is 0. The molecule has 0 bridgehead atoms. The number of carbonyl (C=O) groups excluding carboxylic acids is 1. The fourth-order valence-corrected chi connectivity index (χ4v) is 3.90. The van der Waals surface area contributed by atoms with Crippen LogP contribution in [0.5, 0.6) is 5.75 Å². The van der Waals surface area contributed by atoms with Crippen molar-refractivity contribution in [1.29, 1.82) is 0 Å². The van der Waals surface area contributed by atoms with Gasteiger partial charge in [0.1, 0.15) is 12.3 Å². The van der Waals surface area contributed by atoms with Gasteiger partial charge in [0, 0.05) is 11.3 Å². The molecule has 24 heavy (non-hydrogen) atoms. The number of amides is 1. The molecule has 0 saturated carbocycles. The van der Waals surface area contributed by atoms with E-state index in [4.69, 9.17) is 10.5 Å². The van der Waals surface area contributed by atoms with Gasteiger partial charge < -0.3 is 15.4 Å². The van der Waals surface area contributed by atoms with Crippen molar-refractivity contribution in [3.8, 4) is 5.75 Å². The molecule has 4 nitrogen and oxygen atoms in total. The predicted molar refractivity (Wildman–Crippen MR) is 94.8 cm³/mol. The van der Waals surface area contributed by atoms with Crippen LogP contribution in [-0.2, 0) is 10.2 Å². The van der Waals surface area contributed by atoms with E-state index < -0.39 is 5.72 Å². The quantitative estimate of drug-likeness (QED) is 0.925. The molecule has 4 rings (SSSR count). The molecule has 0 aliphatic carbocycles. The Morgan fingerprint density at radius 2 is 1.83 bits per heavy atom. The maximum absolute atomic E-state index is 11.7. The van der Waals surface area contributed by atoms with E-state index in [-0.39, 0.29) is 17.9 Å². The Hall–Kier alpha value is -2.75. The third kappa shape index (κ3) is 1.83. The summed E-state index contributed by atoms with van der Waals surface area (Å²) in [6.45, 7) is 4.39. The summed E-state index contributed by atoms with van der Waals surface area (Å²) in [5.41, 5.74) is 7.60. The van der Waals surface area contributed by atoms with Crippen LogP contribution >= 0.6 is 0 Å². The number of benzene rings is 2. The molecule has 2 heterocycles. The minimum atomic E-state index is -0.778. The third-order valence-corrected chi connectivity index (χ3v) is 5.15. The summed E-state index contributed by atoms with van der Waals surface area (Å²) in [4.78, 5) is 13.7. The molecule has 2 aromatic carbocycles. The molecular formula is C20H20N2O2. The molecule has 1 spiro atoms. The molecule has 0 saturated heterocycles. The fraction of sp³-hybridized carbons (Fsp3) is 0.250. The molecule has 2 N–H and O–H groups in total. The van der Waals surface area contributed by atoms with Crippen molar-refractivity contribution >= 4 is 17.7 Å². The Kier molecular flexibility index (Phi) is 3.01. The predicted octanol–water partition coefficient (Wildman–Crippen LogP) is 3.07. The topological polar surface area (TPSA) is 55.6 Å². The van der Waals surface area contributed by atoms with Gasteiger partial charge in [0.05, 0.1) is 5.41 Å². The Morgan fingerprint density at radius 3 is 2.62 bits per heavy atom. The molecule has 2 aliphatic rings. The second-order valence-electron chi connectivity index (χ2n) is 6.86. The van der Waals surface area contributed by atoms with E-state index in [0.717, 1.165) is 22.6 Å². The zero-order chi connectivity index (χ0) is 16.9. The van der Waals surface area contributed by atoms with Gasteiger partial charge in [-0.2, -0.15) is 0 Å². The first kappa shape index (κ1) is 14.8. The SMILES string of the molecule is CC1(C)c2ccccc2N(CC(N)=O)[C@@]12C=Cc1ccccc1O2. The van der Waals surface area contributed by atoms with E-state index in [1.165, 1.54) is 0 Å². The van der Waals surface area contributed by atoms with Crippen LogP contribution in [0.3, 0.4) is 0 Å². The van der Waals surface area contributed by atoms with E-state index in [9.17, 15) is 4.79 Å². The number of fused-ring (bicyclic) bond motifs is 2. The van der Waals surface area contributed by atoms with Gasteiger partial charge in [-0.05, 0) is 43.7 Å². The van der Waals surface area contributed by atoms with E-state index in [2.05, 4.69) is 32.1 Å². The number of ether oxygens (including phenoxy) is 1. The molecule has 1 amide bonds. The van der Waals surface area contributed by atoms with Crippen molar-refractivity contribution in [2.24, 2.45) is 5.73 Å². The summed E-state index contributed by atoms with van der Waals surface area (Å²) >= 11 is 0. The molecule has 122 valence electrons. The van der Waals surface area contributed by atoms with Gasteiger partial charge in [0.25, 0.3) is 0 Å². The highest BCUT2D eigenvalue weighted by molar-refractivity contribution is 5.83. The molecule has 0 aromatic heterocycles. The van der Waals surface area contributed by atoms with Crippen molar-refractivity contribution in [1.82, 2.24) is 0 Å². The van der Waals surface area contributed by atoms with Crippen molar-refractivity contribution in [2.75, 3.05) is 11.4 Å². The van der Waals surface area contributed by atoms with Crippen LogP contribution < -0.4 is 15.4 Å². The molecule has 0 fully saturated rings. The van der Waals surface area contributed by atoms with E-state index >= 15 is 0 Å². The lowest BCUT2D eigenvalue weighted by atomic mass is 9.76. The smallest absolute Gasteiger partial charge is 0.237 e. The van der Waals surface area contributed by atoms with E-state index in [1.54, 1.807) is 0 Å². The number of primary amides is 1. The van der Waals surface area contributed by atoms with Crippen LogP contribution in [0.25, 0.3) is 6.08 Å². The van der Waals surface area contributed by atoms with Crippen LogP contribution in [0, 0.1) is 0 Å². The summed E-state index contributed by atoms with van der Waals surface area (Å²) in [5, 5.41) is 0. The summed E-state index contributed by atoms with van der Waals surface area (Å²) in [5.74, 6) is 0.438. The highest BCUT2D eigenvalue weighted by Gasteiger charge is 2.58. The number of rotatable bonds is 2. The second-order valence-corrected chi connectivity index (χ2v) is 6.86. The molecule has 4 heteroatoms. The molecule has 1 atom stereocenters. The average molecular weight is 320 g/mol. The van der Waals surface area contributed by atoms with Crippen LogP contribution in [0.2, 0.25) is 0 Å². The van der Waals surface area contributed by atoms with Crippen LogP contribution in [0.1, 0.15) is 25.0 Å². The lowest BCUT2D eigenvalue weighted by molar-refractivity contribution is -0.117. The Morgan fingerprint density at radius 1 is 1.12 bits per heavy atom. The Labute approximate surface area is 141 Å². The van der Waals surface area contributed by atoms with Gasteiger partial charge in [-0.25, -0.2) is 0 Å². The molecule has 2 aromatic rings. The molecule has 0 unspecified atom stereocenters. The van der Waals surface area contributed by atoms with Crippen LogP contribution in [0.15, 0.2) is 54.6 Å². The number of nitrogens with two attached hydrogens (primary N) is 1. The van der Waals surface area contributed by atoms with Crippen molar-refractivity contribution in [3.63, 3.8) is 0 Å². The highest BCUT2D eigenvalue weighted by atomic mass is 16.5. The standard InChI is InChI=1S/C20H20N2O2/c1-19(2)15-8-4-5-9-16(15)22(13-18(21)23)20(19)12-11-14-7-3-6-10-17(14)24-20/h3-12H,13H2,1-2H3,(H2,21,23)/t20-/m1/s1. The number of carbonyl (C=O) groups is 1. The fourth-order valence-electron chi connectivity index (χ4n) is 3.90. The number of hydrogen-bond acceptors (Lipinski definition) is 3. The van der Waals surface area contributed by atoms with Gasteiger partial charge >= 0.3 is 0 Å². The summed E-state index contributed by atoms with van der Waals surface area (Å²) in [6, 6.07) is 16.0. The normalized spacial score (nSPS) is 22.8. The minimum Gasteiger partial charge on any atom is -0.463 e. The van der Waals surface area contributed by atoms with Gasteiger partial charge in [0.2, 0.25) is 11.6 Å². The first-order chi connectivity index (χ1) is 11.5. The lowest BCUT2D eigenvalue weighted by Crippen LogP contribution is -2.61. The number of anilines is 1. The first-order valence-corrected chi connectivity index (χ1v) is 8.08. The minimum absolute atomic E-state index is 0.104. The zero-order valence-corrected chi connectivity index (χ0v) is 13.8. The van der Waals surface area contributed by atoms with Gasteiger partial charge in [0.15, 0.2) is 0 Å². The number of para-hydroxylation sites is 2. The monoisotopic (exact) mass is 320 g/mol. The molecular weight excluding hydrogens is 300 g/mol. The zero-order valence-electron chi connectivity index (χ0n) is 13.8. The number of nitrogens with zero attached hydrogens (tertiary/aromatic N) is 1. The largest absolute Gasteiger partial charge is 0.463 e. The maximum Gasteiger partial charge on any atom is 0.237 e.